The van der Waals surface area contributed by atoms with Gasteiger partial charge in [-0.2, -0.15) is 0 Å². The molecule has 1 N–H and O–H groups in total. The van der Waals surface area contributed by atoms with E-state index in [-0.39, 0.29) is 5.71 Å². The summed E-state index contributed by atoms with van der Waals surface area (Å²) in [5, 5.41) is 14.6. The van der Waals surface area contributed by atoms with E-state index in [1.165, 1.54) is 0 Å². The number of nitrogens with zero attached hydrogens (tertiary/aromatic N) is 3. The summed E-state index contributed by atoms with van der Waals surface area (Å²) in [6, 6.07) is 16.3. The fourth-order valence-electron chi connectivity index (χ4n) is 2.92. The molecule has 4 aromatic rings. The van der Waals surface area contributed by atoms with Crippen LogP contribution in [0.15, 0.2) is 72.1 Å². The van der Waals surface area contributed by atoms with Crippen LogP contribution >= 0.6 is 34.8 Å². The maximum absolute atomic E-state index is 9.70. The Morgan fingerprint density at radius 1 is 0.926 bits per heavy atom. The molecule has 2 aromatic heterocycles. The molecule has 0 fully saturated rings. The Labute approximate surface area is 170 Å². The van der Waals surface area contributed by atoms with E-state index >= 15 is 0 Å². The third-order valence-electron chi connectivity index (χ3n) is 4.22. The van der Waals surface area contributed by atoms with Crippen molar-refractivity contribution in [2.45, 2.75) is 0 Å². The van der Waals surface area contributed by atoms with Crippen LogP contribution in [-0.2, 0) is 0 Å². The van der Waals surface area contributed by atoms with E-state index in [0.29, 0.717) is 26.3 Å². The molecule has 2 aromatic carbocycles. The largest absolute Gasteiger partial charge is 0.410 e. The van der Waals surface area contributed by atoms with Gasteiger partial charge < -0.3 is 9.61 Å². The van der Waals surface area contributed by atoms with Crippen molar-refractivity contribution in [3.8, 4) is 11.3 Å². The van der Waals surface area contributed by atoms with Crippen LogP contribution in [-0.4, -0.2) is 20.3 Å². The van der Waals surface area contributed by atoms with Crippen LogP contribution < -0.4 is 0 Å². The second kappa shape index (κ2) is 7.24. The Kier molecular flexibility index (Phi) is 4.79. The lowest BCUT2D eigenvalue weighted by Crippen LogP contribution is -2.09. The monoisotopic (exact) mass is 415 g/mol. The number of benzene rings is 2. The molecule has 0 spiro atoms. The normalized spacial score (nSPS) is 11.9. The number of oxime groups is 1. The SMILES string of the molecule is O/N=C(/c1c(Cl)cccc1Cl)c1ccc2cnc(-c3ccc(Cl)cc3)cn12. The van der Waals surface area contributed by atoms with Crippen LogP contribution in [0.3, 0.4) is 0 Å². The van der Waals surface area contributed by atoms with Crippen LogP contribution in [0.2, 0.25) is 15.1 Å². The summed E-state index contributed by atoms with van der Waals surface area (Å²) in [4.78, 5) is 4.49. The van der Waals surface area contributed by atoms with E-state index in [4.69, 9.17) is 34.8 Å². The molecule has 0 saturated carbocycles. The quantitative estimate of drug-likeness (QED) is 0.246. The van der Waals surface area contributed by atoms with E-state index in [2.05, 4.69) is 10.1 Å². The first-order valence-corrected chi connectivity index (χ1v) is 9.12. The van der Waals surface area contributed by atoms with Gasteiger partial charge in [-0.25, -0.2) is 0 Å². The molecule has 0 aliphatic heterocycles. The number of fused-ring (bicyclic) bond motifs is 1. The van der Waals surface area contributed by atoms with Crippen LogP contribution in [0.25, 0.3) is 16.8 Å². The van der Waals surface area contributed by atoms with Crippen molar-refractivity contribution in [2.75, 3.05) is 0 Å². The predicted octanol–water partition coefficient (Wildman–Crippen LogP) is 6.19. The van der Waals surface area contributed by atoms with Crippen molar-refractivity contribution in [1.82, 2.24) is 9.38 Å². The lowest BCUT2D eigenvalue weighted by Gasteiger charge is -2.10. The van der Waals surface area contributed by atoms with Gasteiger partial charge >= 0.3 is 0 Å². The number of rotatable bonds is 3. The smallest absolute Gasteiger partial charge is 0.136 e. The third kappa shape index (κ3) is 3.28. The number of aromatic nitrogens is 2. The molecule has 0 aliphatic rings. The highest BCUT2D eigenvalue weighted by atomic mass is 35.5. The lowest BCUT2D eigenvalue weighted by atomic mass is 10.1. The molecule has 2 heterocycles. The van der Waals surface area contributed by atoms with Crippen molar-refractivity contribution < 1.29 is 5.21 Å². The molecule has 0 unspecified atom stereocenters. The first-order valence-electron chi connectivity index (χ1n) is 7.98. The van der Waals surface area contributed by atoms with Crippen molar-refractivity contribution >= 4 is 46.0 Å². The second-order valence-electron chi connectivity index (χ2n) is 5.84. The van der Waals surface area contributed by atoms with Crippen LogP contribution in [0, 0.1) is 0 Å². The summed E-state index contributed by atoms with van der Waals surface area (Å²) in [5.41, 5.74) is 3.89. The third-order valence-corrected chi connectivity index (χ3v) is 5.10. The molecule has 0 radical (unpaired) electrons. The van der Waals surface area contributed by atoms with Crippen molar-refractivity contribution in [3.63, 3.8) is 0 Å². The molecule has 7 heteroatoms. The van der Waals surface area contributed by atoms with E-state index in [0.717, 1.165) is 16.8 Å². The van der Waals surface area contributed by atoms with Gasteiger partial charge in [0.05, 0.1) is 33.1 Å². The molecular weight excluding hydrogens is 405 g/mol. The number of hydrogen-bond donors (Lipinski definition) is 1. The molecule has 4 rings (SSSR count). The van der Waals surface area contributed by atoms with Crippen molar-refractivity contribution in [3.05, 3.63) is 93.3 Å². The standard InChI is InChI=1S/C20H12Cl3N3O/c21-13-6-4-12(5-7-13)17-11-26-14(10-24-17)8-9-18(26)20(25-27)19-15(22)2-1-3-16(19)23/h1-11,27H/b25-20+. The summed E-state index contributed by atoms with van der Waals surface area (Å²) in [7, 11) is 0. The molecule has 27 heavy (non-hydrogen) atoms. The molecular formula is C20H12Cl3N3O. The van der Waals surface area contributed by atoms with Gasteiger partial charge in [0.1, 0.15) is 5.71 Å². The minimum atomic E-state index is 0.277. The molecule has 4 nitrogen and oxygen atoms in total. The molecule has 0 atom stereocenters. The molecule has 0 amide bonds. The van der Waals surface area contributed by atoms with Crippen molar-refractivity contribution in [2.24, 2.45) is 5.16 Å². The topological polar surface area (TPSA) is 49.9 Å². The Bertz CT molecular complexity index is 1150. The number of hydrogen-bond acceptors (Lipinski definition) is 3. The highest BCUT2D eigenvalue weighted by Crippen LogP contribution is 2.29. The Hall–Kier alpha value is -2.53. The highest BCUT2D eigenvalue weighted by Gasteiger charge is 2.19. The zero-order valence-corrected chi connectivity index (χ0v) is 16.0. The Balaban J connectivity index is 1.89. The lowest BCUT2D eigenvalue weighted by molar-refractivity contribution is 0.319. The van der Waals surface area contributed by atoms with E-state index in [1.807, 2.05) is 47.0 Å². The van der Waals surface area contributed by atoms with Gasteiger partial charge in [0, 0.05) is 22.3 Å². The summed E-state index contributed by atoms with van der Waals surface area (Å²) < 4.78 is 1.88. The highest BCUT2D eigenvalue weighted by molar-refractivity contribution is 6.41. The summed E-state index contributed by atoms with van der Waals surface area (Å²) in [6.07, 6.45) is 3.61. The van der Waals surface area contributed by atoms with Gasteiger partial charge in [-0.1, -0.05) is 58.2 Å². The van der Waals surface area contributed by atoms with Gasteiger partial charge in [-0.3, -0.25) is 4.98 Å². The minimum absolute atomic E-state index is 0.277. The maximum Gasteiger partial charge on any atom is 0.136 e. The van der Waals surface area contributed by atoms with Crippen LogP contribution in [0.1, 0.15) is 11.3 Å². The van der Waals surface area contributed by atoms with Gasteiger partial charge in [0.25, 0.3) is 0 Å². The fourth-order valence-corrected chi connectivity index (χ4v) is 3.62. The first-order chi connectivity index (χ1) is 13.1. The molecule has 0 saturated heterocycles. The van der Waals surface area contributed by atoms with Crippen molar-refractivity contribution in [1.29, 1.82) is 0 Å². The first kappa shape index (κ1) is 17.9. The summed E-state index contributed by atoms with van der Waals surface area (Å²) in [6.45, 7) is 0. The number of halogens is 3. The van der Waals surface area contributed by atoms with Crippen LogP contribution in [0.4, 0.5) is 0 Å². The maximum atomic E-state index is 9.70. The minimum Gasteiger partial charge on any atom is -0.410 e. The predicted molar refractivity (Wildman–Crippen MR) is 110 cm³/mol. The Morgan fingerprint density at radius 3 is 2.30 bits per heavy atom. The van der Waals surface area contributed by atoms with Gasteiger partial charge in [0.15, 0.2) is 0 Å². The van der Waals surface area contributed by atoms with Gasteiger partial charge in [0.2, 0.25) is 0 Å². The van der Waals surface area contributed by atoms with E-state index in [1.54, 1.807) is 24.4 Å². The molecule has 134 valence electrons. The van der Waals surface area contributed by atoms with Gasteiger partial charge in [-0.05, 0) is 36.4 Å². The van der Waals surface area contributed by atoms with Crippen LogP contribution in [0.5, 0.6) is 0 Å². The second-order valence-corrected chi connectivity index (χ2v) is 7.09. The summed E-state index contributed by atoms with van der Waals surface area (Å²) in [5.74, 6) is 0. The fraction of sp³-hybridized carbons (Fsp3) is 0. The molecule has 0 aliphatic carbocycles. The van der Waals surface area contributed by atoms with E-state index in [9.17, 15) is 5.21 Å². The average molecular weight is 417 g/mol. The van der Waals surface area contributed by atoms with Gasteiger partial charge in [-0.15, -0.1) is 0 Å². The van der Waals surface area contributed by atoms with E-state index < -0.39 is 0 Å². The average Bonchev–Trinajstić information content (AvgIpc) is 3.08. The molecule has 0 bridgehead atoms. The summed E-state index contributed by atoms with van der Waals surface area (Å²) >= 11 is 18.6. The Morgan fingerprint density at radius 2 is 1.63 bits per heavy atom. The zero-order valence-electron chi connectivity index (χ0n) is 13.8. The zero-order chi connectivity index (χ0) is 19.0.